The van der Waals surface area contributed by atoms with Gasteiger partial charge in [0.25, 0.3) is 5.69 Å². The average Bonchev–Trinajstić information content (AvgIpc) is 2.41. The number of halogens is 2. The van der Waals surface area contributed by atoms with Gasteiger partial charge in [-0.05, 0) is 12.1 Å². The molecule has 0 unspecified atom stereocenters. The lowest BCUT2D eigenvalue weighted by atomic mass is 10.1. The van der Waals surface area contributed by atoms with Gasteiger partial charge in [0.2, 0.25) is 0 Å². The molecule has 5 nitrogen and oxygen atoms in total. The Bertz CT molecular complexity index is 647. The van der Waals surface area contributed by atoms with Crippen molar-refractivity contribution in [3.05, 3.63) is 50.5 Å². The van der Waals surface area contributed by atoms with E-state index in [0.717, 1.165) is 0 Å². The number of pyridine rings is 1. The van der Waals surface area contributed by atoms with Crippen LogP contribution in [0.3, 0.4) is 0 Å². The highest BCUT2D eigenvalue weighted by Gasteiger charge is 2.20. The number of aromatic nitrogens is 1. The third-order valence-corrected chi connectivity index (χ3v) is 3.35. The first-order valence-corrected chi connectivity index (χ1v) is 6.07. The summed E-state index contributed by atoms with van der Waals surface area (Å²) in [5, 5.41) is 14.5. The van der Waals surface area contributed by atoms with Crippen LogP contribution in [-0.2, 0) is 0 Å². The molecular formula is C12H9Cl2N3O2. The van der Waals surface area contributed by atoms with E-state index in [1.165, 1.54) is 12.1 Å². The second-order valence-electron chi connectivity index (χ2n) is 3.67. The molecule has 1 aromatic carbocycles. The van der Waals surface area contributed by atoms with E-state index in [1.54, 1.807) is 25.2 Å². The summed E-state index contributed by atoms with van der Waals surface area (Å²) in [7, 11) is 1.68. The van der Waals surface area contributed by atoms with Crippen LogP contribution in [0.25, 0.3) is 11.3 Å². The molecule has 0 radical (unpaired) electrons. The van der Waals surface area contributed by atoms with Gasteiger partial charge in [-0.15, -0.1) is 0 Å². The van der Waals surface area contributed by atoms with Gasteiger partial charge in [0.05, 0.1) is 15.0 Å². The van der Waals surface area contributed by atoms with E-state index in [2.05, 4.69) is 10.3 Å². The smallest absolute Gasteiger partial charge is 0.295 e. The molecule has 1 N–H and O–H groups in total. The Hall–Kier alpha value is -1.85. The number of nitrogens with one attached hydrogen (secondary N) is 1. The van der Waals surface area contributed by atoms with Gasteiger partial charge in [-0.2, -0.15) is 0 Å². The Morgan fingerprint density at radius 3 is 2.63 bits per heavy atom. The van der Waals surface area contributed by atoms with E-state index in [9.17, 15) is 10.1 Å². The van der Waals surface area contributed by atoms with Gasteiger partial charge in [0.1, 0.15) is 5.82 Å². The molecule has 1 aromatic heterocycles. The van der Waals surface area contributed by atoms with Crippen molar-refractivity contribution in [1.82, 2.24) is 4.98 Å². The lowest BCUT2D eigenvalue weighted by Gasteiger charge is -2.08. The van der Waals surface area contributed by atoms with Crippen molar-refractivity contribution >= 4 is 34.7 Å². The van der Waals surface area contributed by atoms with Crippen LogP contribution in [-0.4, -0.2) is 17.0 Å². The molecular weight excluding hydrogens is 289 g/mol. The Morgan fingerprint density at radius 2 is 2.00 bits per heavy atom. The molecule has 0 spiro atoms. The SMILES string of the molecule is CNc1ccc([N+](=O)[O-])c(-c2cccc(Cl)c2Cl)n1. The molecule has 7 heteroatoms. The van der Waals surface area contributed by atoms with Crippen molar-refractivity contribution in [2.75, 3.05) is 12.4 Å². The largest absolute Gasteiger partial charge is 0.373 e. The molecule has 2 rings (SSSR count). The zero-order chi connectivity index (χ0) is 14.0. The summed E-state index contributed by atoms with van der Waals surface area (Å²) in [6.45, 7) is 0. The maximum Gasteiger partial charge on any atom is 0.295 e. The Labute approximate surface area is 119 Å². The Kier molecular flexibility index (Phi) is 3.87. The maximum absolute atomic E-state index is 11.1. The maximum atomic E-state index is 11.1. The highest BCUT2D eigenvalue weighted by molar-refractivity contribution is 6.43. The Morgan fingerprint density at radius 1 is 1.26 bits per heavy atom. The van der Waals surface area contributed by atoms with Crippen molar-refractivity contribution < 1.29 is 4.92 Å². The normalized spacial score (nSPS) is 10.3. The van der Waals surface area contributed by atoms with Crippen LogP contribution in [0.1, 0.15) is 0 Å². The molecule has 0 atom stereocenters. The lowest BCUT2D eigenvalue weighted by molar-refractivity contribution is -0.384. The molecule has 0 aliphatic heterocycles. The fraction of sp³-hybridized carbons (Fsp3) is 0.0833. The van der Waals surface area contributed by atoms with Crippen molar-refractivity contribution in [3.63, 3.8) is 0 Å². The predicted octanol–water partition coefficient (Wildman–Crippen LogP) is 4.01. The fourth-order valence-corrected chi connectivity index (χ4v) is 2.01. The first kappa shape index (κ1) is 13.6. The standard InChI is InChI=1S/C12H9Cl2N3O2/c1-15-10-6-5-9(17(18)19)12(16-10)7-3-2-4-8(13)11(7)14/h2-6H,1H3,(H,15,16). The van der Waals surface area contributed by atoms with E-state index < -0.39 is 4.92 Å². The van der Waals surface area contributed by atoms with Crippen molar-refractivity contribution in [3.8, 4) is 11.3 Å². The van der Waals surface area contributed by atoms with Gasteiger partial charge in [-0.1, -0.05) is 35.3 Å². The molecule has 0 fully saturated rings. The van der Waals surface area contributed by atoms with Crippen molar-refractivity contribution in [1.29, 1.82) is 0 Å². The predicted molar refractivity (Wildman–Crippen MR) is 75.9 cm³/mol. The number of rotatable bonds is 3. The van der Waals surface area contributed by atoms with Crippen LogP contribution in [0.15, 0.2) is 30.3 Å². The summed E-state index contributed by atoms with van der Waals surface area (Å²) in [5.41, 5.74) is 0.491. The quantitative estimate of drug-likeness (QED) is 0.686. The average molecular weight is 298 g/mol. The molecule has 1 heterocycles. The molecule has 0 saturated heterocycles. The monoisotopic (exact) mass is 297 g/mol. The van der Waals surface area contributed by atoms with Crippen molar-refractivity contribution in [2.24, 2.45) is 0 Å². The molecule has 19 heavy (non-hydrogen) atoms. The lowest BCUT2D eigenvalue weighted by Crippen LogP contribution is -1.99. The summed E-state index contributed by atoms with van der Waals surface area (Å²) in [4.78, 5) is 14.7. The fourth-order valence-electron chi connectivity index (χ4n) is 1.62. The number of hydrogen-bond donors (Lipinski definition) is 1. The minimum absolute atomic E-state index is 0.122. The van der Waals surface area contributed by atoms with E-state index in [-0.39, 0.29) is 16.4 Å². The van der Waals surface area contributed by atoms with Crippen LogP contribution in [0, 0.1) is 10.1 Å². The molecule has 2 aromatic rings. The van der Waals surface area contributed by atoms with Gasteiger partial charge in [0, 0.05) is 18.7 Å². The van der Waals surface area contributed by atoms with E-state index in [1.807, 2.05) is 0 Å². The third kappa shape index (κ3) is 2.62. The summed E-state index contributed by atoms with van der Waals surface area (Å²) in [6, 6.07) is 7.83. The van der Waals surface area contributed by atoms with Crippen LogP contribution < -0.4 is 5.32 Å². The number of nitrogens with zero attached hydrogens (tertiary/aromatic N) is 2. The van der Waals surface area contributed by atoms with E-state index >= 15 is 0 Å². The zero-order valence-corrected chi connectivity index (χ0v) is 11.4. The first-order chi connectivity index (χ1) is 9.04. The number of nitro groups is 1. The van der Waals surface area contributed by atoms with Gasteiger partial charge in [-0.3, -0.25) is 10.1 Å². The molecule has 0 aliphatic carbocycles. The summed E-state index contributed by atoms with van der Waals surface area (Å²) >= 11 is 12.0. The molecule has 0 aliphatic rings. The van der Waals surface area contributed by atoms with E-state index in [0.29, 0.717) is 16.4 Å². The minimum Gasteiger partial charge on any atom is -0.373 e. The van der Waals surface area contributed by atoms with Crippen LogP contribution in [0.4, 0.5) is 11.5 Å². The number of anilines is 1. The number of hydrogen-bond acceptors (Lipinski definition) is 4. The van der Waals surface area contributed by atoms with Gasteiger partial charge < -0.3 is 5.32 Å². The van der Waals surface area contributed by atoms with Gasteiger partial charge >= 0.3 is 0 Å². The molecule has 0 bridgehead atoms. The van der Waals surface area contributed by atoms with Crippen LogP contribution >= 0.6 is 23.2 Å². The highest BCUT2D eigenvalue weighted by Crippen LogP contribution is 2.37. The highest BCUT2D eigenvalue weighted by atomic mass is 35.5. The summed E-state index contributed by atoms with van der Waals surface area (Å²) < 4.78 is 0. The molecule has 0 saturated carbocycles. The van der Waals surface area contributed by atoms with Crippen molar-refractivity contribution in [2.45, 2.75) is 0 Å². The van der Waals surface area contributed by atoms with E-state index in [4.69, 9.17) is 23.2 Å². The first-order valence-electron chi connectivity index (χ1n) is 5.32. The minimum atomic E-state index is -0.501. The molecule has 0 amide bonds. The van der Waals surface area contributed by atoms with Gasteiger partial charge in [0.15, 0.2) is 5.69 Å². The van der Waals surface area contributed by atoms with Crippen LogP contribution in [0.2, 0.25) is 10.0 Å². The second kappa shape index (κ2) is 5.42. The topological polar surface area (TPSA) is 68.1 Å². The summed E-state index contributed by atoms with van der Waals surface area (Å²) in [6.07, 6.45) is 0. The second-order valence-corrected chi connectivity index (χ2v) is 4.46. The number of benzene rings is 1. The third-order valence-electron chi connectivity index (χ3n) is 2.53. The summed E-state index contributed by atoms with van der Waals surface area (Å²) in [5.74, 6) is 0.511. The Balaban J connectivity index is 2.72. The molecule has 98 valence electrons. The van der Waals surface area contributed by atoms with Gasteiger partial charge in [-0.25, -0.2) is 4.98 Å². The van der Waals surface area contributed by atoms with Crippen LogP contribution in [0.5, 0.6) is 0 Å². The zero-order valence-electron chi connectivity index (χ0n) is 9.85.